The third kappa shape index (κ3) is 2.41. The fourth-order valence-electron chi connectivity index (χ4n) is 2.52. The average Bonchev–Trinajstić information content (AvgIpc) is 2.47. The molecule has 0 amide bonds. The van der Waals surface area contributed by atoms with Crippen molar-refractivity contribution in [3.05, 3.63) is 65.0 Å². The van der Waals surface area contributed by atoms with Crippen LogP contribution in [0.4, 0.5) is 4.39 Å². The molecule has 106 valence electrons. The van der Waals surface area contributed by atoms with Crippen LogP contribution in [0.5, 0.6) is 5.75 Å². The van der Waals surface area contributed by atoms with Crippen LogP contribution >= 0.6 is 0 Å². The van der Waals surface area contributed by atoms with Gasteiger partial charge in [-0.15, -0.1) is 0 Å². The van der Waals surface area contributed by atoms with Crippen molar-refractivity contribution in [3.63, 3.8) is 0 Å². The number of benzene rings is 2. The number of nitrogens with two attached hydrogens (primary N) is 1. The van der Waals surface area contributed by atoms with E-state index < -0.39 is 5.54 Å². The molecule has 0 saturated heterocycles. The molecular formula is C17H20FNO. The van der Waals surface area contributed by atoms with Gasteiger partial charge in [0.1, 0.15) is 11.6 Å². The minimum absolute atomic E-state index is 0.291. The minimum atomic E-state index is -0.900. The van der Waals surface area contributed by atoms with Crippen molar-refractivity contribution in [2.24, 2.45) is 5.73 Å². The highest BCUT2D eigenvalue weighted by molar-refractivity contribution is 5.48. The van der Waals surface area contributed by atoms with Crippen LogP contribution in [0.25, 0.3) is 0 Å². The lowest BCUT2D eigenvalue weighted by Crippen LogP contribution is -2.38. The number of hydrogen-bond acceptors (Lipinski definition) is 2. The molecule has 0 saturated carbocycles. The molecule has 3 heteroatoms. The molecule has 2 nitrogen and oxygen atoms in total. The van der Waals surface area contributed by atoms with Crippen molar-refractivity contribution in [1.82, 2.24) is 0 Å². The Hall–Kier alpha value is -1.87. The molecule has 0 spiro atoms. The summed E-state index contributed by atoms with van der Waals surface area (Å²) in [5.41, 5.74) is 8.04. The number of rotatable bonds is 4. The second-order valence-corrected chi connectivity index (χ2v) is 5.01. The van der Waals surface area contributed by atoms with Gasteiger partial charge in [-0.05, 0) is 25.5 Å². The first-order valence-electron chi connectivity index (χ1n) is 6.72. The largest absolute Gasteiger partial charge is 0.496 e. The van der Waals surface area contributed by atoms with Gasteiger partial charge in [-0.25, -0.2) is 4.39 Å². The van der Waals surface area contributed by atoms with Crippen LogP contribution in [0.15, 0.2) is 42.5 Å². The van der Waals surface area contributed by atoms with Crippen molar-refractivity contribution in [2.45, 2.75) is 25.8 Å². The summed E-state index contributed by atoms with van der Waals surface area (Å²) >= 11 is 0. The first-order chi connectivity index (χ1) is 9.52. The topological polar surface area (TPSA) is 35.2 Å². The zero-order valence-corrected chi connectivity index (χ0v) is 12.1. The van der Waals surface area contributed by atoms with Crippen LogP contribution in [0, 0.1) is 12.7 Å². The van der Waals surface area contributed by atoms with Crippen molar-refractivity contribution in [3.8, 4) is 5.75 Å². The van der Waals surface area contributed by atoms with Crippen LogP contribution in [0.3, 0.4) is 0 Å². The SMILES string of the molecule is CCC(N)(c1ccccc1F)c1cc(C)ccc1OC. The molecule has 1 atom stereocenters. The van der Waals surface area contributed by atoms with Gasteiger partial charge in [-0.3, -0.25) is 0 Å². The van der Waals surface area contributed by atoms with E-state index in [-0.39, 0.29) is 5.82 Å². The van der Waals surface area contributed by atoms with E-state index in [0.717, 1.165) is 11.1 Å². The zero-order valence-electron chi connectivity index (χ0n) is 12.1. The Morgan fingerprint density at radius 3 is 2.45 bits per heavy atom. The van der Waals surface area contributed by atoms with Gasteiger partial charge < -0.3 is 10.5 Å². The molecule has 0 aliphatic rings. The number of methoxy groups -OCH3 is 1. The van der Waals surface area contributed by atoms with E-state index in [1.54, 1.807) is 25.3 Å². The lowest BCUT2D eigenvalue weighted by Gasteiger charge is -2.31. The number of ether oxygens (including phenoxy) is 1. The molecule has 1 unspecified atom stereocenters. The predicted molar refractivity (Wildman–Crippen MR) is 79.4 cm³/mol. The second kappa shape index (κ2) is 5.63. The zero-order chi connectivity index (χ0) is 14.8. The monoisotopic (exact) mass is 273 g/mol. The van der Waals surface area contributed by atoms with Crippen molar-refractivity contribution < 1.29 is 9.13 Å². The molecule has 0 aromatic heterocycles. The van der Waals surface area contributed by atoms with E-state index in [9.17, 15) is 4.39 Å². The number of halogens is 1. The van der Waals surface area contributed by atoms with E-state index in [2.05, 4.69) is 0 Å². The molecule has 2 aromatic rings. The van der Waals surface area contributed by atoms with E-state index in [1.165, 1.54) is 6.07 Å². The molecular weight excluding hydrogens is 253 g/mol. The van der Waals surface area contributed by atoms with Gasteiger partial charge in [0, 0.05) is 11.1 Å². The Morgan fingerprint density at radius 2 is 1.85 bits per heavy atom. The van der Waals surface area contributed by atoms with Gasteiger partial charge in [0.15, 0.2) is 0 Å². The summed E-state index contributed by atoms with van der Waals surface area (Å²) in [7, 11) is 1.60. The Labute approximate surface area is 119 Å². The van der Waals surface area contributed by atoms with Crippen molar-refractivity contribution in [1.29, 1.82) is 0 Å². The molecule has 0 aliphatic heterocycles. The maximum Gasteiger partial charge on any atom is 0.128 e. The lowest BCUT2D eigenvalue weighted by atomic mass is 9.80. The van der Waals surface area contributed by atoms with Crippen LogP contribution in [-0.4, -0.2) is 7.11 Å². The third-order valence-electron chi connectivity index (χ3n) is 3.75. The van der Waals surface area contributed by atoms with Crippen molar-refractivity contribution in [2.75, 3.05) is 7.11 Å². The molecule has 0 aliphatic carbocycles. The highest BCUT2D eigenvalue weighted by Gasteiger charge is 2.33. The van der Waals surface area contributed by atoms with E-state index in [1.807, 2.05) is 32.0 Å². The van der Waals surface area contributed by atoms with Crippen LogP contribution < -0.4 is 10.5 Å². The second-order valence-electron chi connectivity index (χ2n) is 5.01. The van der Waals surface area contributed by atoms with Crippen molar-refractivity contribution >= 4 is 0 Å². The van der Waals surface area contributed by atoms with Crippen LogP contribution in [-0.2, 0) is 5.54 Å². The summed E-state index contributed by atoms with van der Waals surface area (Å²) in [6.45, 7) is 3.94. The van der Waals surface area contributed by atoms with Crippen LogP contribution in [0.1, 0.15) is 30.0 Å². The molecule has 0 fully saturated rings. The molecule has 0 radical (unpaired) electrons. The first kappa shape index (κ1) is 14.5. The van der Waals surface area contributed by atoms with Gasteiger partial charge in [0.2, 0.25) is 0 Å². The molecule has 2 aromatic carbocycles. The van der Waals surface area contributed by atoms with Gasteiger partial charge in [-0.1, -0.05) is 42.8 Å². The predicted octanol–water partition coefficient (Wildman–Crippen LogP) is 3.76. The molecule has 0 heterocycles. The smallest absolute Gasteiger partial charge is 0.128 e. The summed E-state index contributed by atoms with van der Waals surface area (Å²) in [4.78, 5) is 0. The van der Waals surface area contributed by atoms with E-state index >= 15 is 0 Å². The van der Waals surface area contributed by atoms with Gasteiger partial charge >= 0.3 is 0 Å². The highest BCUT2D eigenvalue weighted by Crippen LogP contribution is 2.37. The summed E-state index contributed by atoms with van der Waals surface area (Å²) in [6.07, 6.45) is 0.577. The average molecular weight is 273 g/mol. The Kier molecular flexibility index (Phi) is 4.09. The van der Waals surface area contributed by atoms with E-state index in [4.69, 9.17) is 10.5 Å². The van der Waals surface area contributed by atoms with E-state index in [0.29, 0.717) is 17.7 Å². The summed E-state index contributed by atoms with van der Waals surface area (Å²) < 4.78 is 19.6. The van der Waals surface area contributed by atoms with Gasteiger partial charge in [0.25, 0.3) is 0 Å². The first-order valence-corrected chi connectivity index (χ1v) is 6.72. The Morgan fingerprint density at radius 1 is 1.15 bits per heavy atom. The summed E-state index contributed by atoms with van der Waals surface area (Å²) in [6, 6.07) is 12.5. The highest BCUT2D eigenvalue weighted by atomic mass is 19.1. The molecule has 0 bridgehead atoms. The fourth-order valence-corrected chi connectivity index (χ4v) is 2.52. The summed E-state index contributed by atoms with van der Waals surface area (Å²) in [5, 5.41) is 0. The molecule has 2 rings (SSSR count). The quantitative estimate of drug-likeness (QED) is 0.920. The number of aryl methyl sites for hydroxylation is 1. The summed E-state index contributed by atoms with van der Waals surface area (Å²) in [5.74, 6) is 0.392. The Bertz CT molecular complexity index is 612. The molecule has 20 heavy (non-hydrogen) atoms. The standard InChI is InChI=1S/C17H20FNO/c1-4-17(19,13-7-5-6-8-15(13)18)14-11-12(2)9-10-16(14)20-3/h5-11H,4,19H2,1-3H3. The molecule has 2 N–H and O–H groups in total. The Balaban J connectivity index is 2.68. The maximum atomic E-state index is 14.2. The van der Waals surface area contributed by atoms with Gasteiger partial charge in [0.05, 0.1) is 12.6 Å². The third-order valence-corrected chi connectivity index (χ3v) is 3.75. The normalized spacial score (nSPS) is 13.8. The maximum absolute atomic E-state index is 14.2. The number of hydrogen-bond donors (Lipinski definition) is 1. The lowest BCUT2D eigenvalue weighted by molar-refractivity contribution is 0.387. The van der Waals surface area contributed by atoms with Crippen LogP contribution in [0.2, 0.25) is 0 Å². The minimum Gasteiger partial charge on any atom is -0.496 e. The van der Waals surface area contributed by atoms with Gasteiger partial charge in [-0.2, -0.15) is 0 Å². The fraction of sp³-hybridized carbons (Fsp3) is 0.294.